The Morgan fingerprint density at radius 3 is 2.66 bits per heavy atom. The Labute approximate surface area is 197 Å². The summed E-state index contributed by atoms with van der Waals surface area (Å²) in [5.41, 5.74) is 2.78. The Bertz CT molecular complexity index is 1230. The molecule has 0 saturated carbocycles. The summed E-state index contributed by atoms with van der Waals surface area (Å²) in [5, 5.41) is 5.05. The van der Waals surface area contributed by atoms with Crippen LogP contribution in [-0.4, -0.2) is 50.7 Å². The fourth-order valence-electron chi connectivity index (χ4n) is 3.92. The van der Waals surface area contributed by atoms with Gasteiger partial charge in [-0.2, -0.15) is 0 Å². The minimum atomic E-state index is -3.72. The van der Waals surface area contributed by atoms with Crippen molar-refractivity contribution >= 4 is 44.6 Å². The highest BCUT2D eigenvalue weighted by molar-refractivity contribution is 7.89. The number of thiophene rings is 1. The monoisotopic (exact) mass is 489 g/mol. The number of nitrogens with zero attached hydrogens (tertiary/aromatic N) is 2. The van der Waals surface area contributed by atoms with Gasteiger partial charge in [-0.1, -0.05) is 41.9 Å². The van der Waals surface area contributed by atoms with Gasteiger partial charge in [0, 0.05) is 31.2 Å². The molecule has 0 unspecified atom stereocenters. The maximum atomic E-state index is 12.9. The van der Waals surface area contributed by atoms with Crippen molar-refractivity contribution in [1.82, 2.24) is 9.21 Å². The number of carbonyl (C=O) groups is 1. The number of carbonyl (C=O) groups excluding carboxylic acids is 1. The summed E-state index contributed by atoms with van der Waals surface area (Å²) < 4.78 is 26.1. The summed E-state index contributed by atoms with van der Waals surface area (Å²) in [6.45, 7) is 0.953. The van der Waals surface area contributed by atoms with Crippen molar-refractivity contribution in [1.29, 1.82) is 0 Å². The zero-order valence-corrected chi connectivity index (χ0v) is 20.2. The molecule has 2 heterocycles. The van der Waals surface area contributed by atoms with Gasteiger partial charge in [0.15, 0.2) is 0 Å². The Kier molecular flexibility index (Phi) is 6.69. The van der Waals surface area contributed by atoms with E-state index in [1.165, 1.54) is 36.7 Å². The summed E-state index contributed by atoms with van der Waals surface area (Å²) in [4.78, 5) is 16.4. The van der Waals surface area contributed by atoms with Gasteiger partial charge in [0.05, 0.1) is 17.6 Å². The third kappa shape index (κ3) is 4.60. The fourth-order valence-corrected chi connectivity index (χ4v) is 6.22. The minimum Gasteiger partial charge on any atom is -0.325 e. The van der Waals surface area contributed by atoms with E-state index < -0.39 is 10.0 Å². The molecule has 3 aromatic rings. The first-order chi connectivity index (χ1) is 15.3. The molecule has 32 heavy (non-hydrogen) atoms. The SMILES string of the molecule is CN(C)S(=O)(=O)c1cc(NC(=O)CN2CCc3sccc3[C@@H]2c2ccccc2)ccc1Cl. The lowest BCUT2D eigenvalue weighted by atomic mass is 9.93. The summed E-state index contributed by atoms with van der Waals surface area (Å²) in [7, 11) is -0.844. The molecule has 0 spiro atoms. The molecule has 168 valence electrons. The number of halogens is 1. The van der Waals surface area contributed by atoms with Crippen LogP contribution in [0.3, 0.4) is 0 Å². The van der Waals surface area contributed by atoms with Crippen LogP contribution in [0.5, 0.6) is 0 Å². The molecule has 1 N–H and O–H groups in total. The standard InChI is InChI=1S/C23H24ClN3O3S2/c1-26(2)32(29,30)21-14-17(8-9-19(21)24)25-22(28)15-27-12-10-20-18(11-13-31-20)23(27)16-6-4-3-5-7-16/h3-9,11,13-14,23H,10,12,15H2,1-2H3,(H,25,28)/t23-/m0/s1. The van der Waals surface area contributed by atoms with Crippen LogP contribution in [-0.2, 0) is 21.2 Å². The number of benzene rings is 2. The molecular weight excluding hydrogens is 466 g/mol. The predicted molar refractivity (Wildman–Crippen MR) is 129 cm³/mol. The van der Waals surface area contributed by atoms with Gasteiger partial charge in [-0.05, 0) is 47.2 Å². The van der Waals surface area contributed by atoms with E-state index >= 15 is 0 Å². The minimum absolute atomic E-state index is 0.00634. The molecule has 0 bridgehead atoms. The van der Waals surface area contributed by atoms with Gasteiger partial charge in [0.25, 0.3) is 0 Å². The third-order valence-electron chi connectivity index (χ3n) is 5.50. The average molecular weight is 490 g/mol. The first-order valence-electron chi connectivity index (χ1n) is 10.1. The van der Waals surface area contributed by atoms with Crippen LogP contribution >= 0.6 is 22.9 Å². The molecule has 9 heteroatoms. The summed E-state index contributed by atoms with van der Waals surface area (Å²) in [5.74, 6) is -0.208. The second-order valence-corrected chi connectivity index (χ2v) is 11.3. The smallest absolute Gasteiger partial charge is 0.244 e. The Balaban J connectivity index is 1.55. The molecule has 1 aliphatic heterocycles. The largest absolute Gasteiger partial charge is 0.325 e. The van der Waals surface area contributed by atoms with Crippen LogP contribution in [0.25, 0.3) is 0 Å². The molecule has 2 aromatic carbocycles. The van der Waals surface area contributed by atoms with E-state index in [-0.39, 0.29) is 28.4 Å². The number of hydrogen-bond donors (Lipinski definition) is 1. The van der Waals surface area contributed by atoms with Gasteiger partial charge in [0.2, 0.25) is 15.9 Å². The van der Waals surface area contributed by atoms with E-state index in [2.05, 4.69) is 33.8 Å². The van der Waals surface area contributed by atoms with Gasteiger partial charge in [0.1, 0.15) is 4.90 Å². The van der Waals surface area contributed by atoms with Crippen molar-refractivity contribution in [2.75, 3.05) is 32.5 Å². The highest BCUT2D eigenvalue weighted by Crippen LogP contribution is 2.37. The van der Waals surface area contributed by atoms with E-state index in [4.69, 9.17) is 11.6 Å². The van der Waals surface area contributed by atoms with Crippen LogP contribution < -0.4 is 5.32 Å². The molecule has 0 aliphatic carbocycles. The van der Waals surface area contributed by atoms with Crippen LogP contribution in [0.4, 0.5) is 5.69 Å². The number of nitrogens with one attached hydrogen (secondary N) is 1. The predicted octanol–water partition coefficient (Wildman–Crippen LogP) is 4.24. The number of sulfonamides is 1. The molecule has 4 rings (SSSR count). The van der Waals surface area contributed by atoms with Crippen LogP contribution in [0.1, 0.15) is 22.0 Å². The van der Waals surface area contributed by atoms with Crippen molar-refractivity contribution in [3.8, 4) is 0 Å². The van der Waals surface area contributed by atoms with E-state index in [9.17, 15) is 13.2 Å². The third-order valence-corrected chi connectivity index (χ3v) is 8.79. The molecule has 0 saturated heterocycles. The first kappa shape index (κ1) is 22.9. The van der Waals surface area contributed by atoms with E-state index in [1.807, 2.05) is 18.2 Å². The van der Waals surface area contributed by atoms with Crippen molar-refractivity contribution in [2.24, 2.45) is 0 Å². The highest BCUT2D eigenvalue weighted by atomic mass is 35.5. The molecule has 1 aliphatic rings. The van der Waals surface area contributed by atoms with E-state index in [1.54, 1.807) is 17.4 Å². The number of amides is 1. The van der Waals surface area contributed by atoms with Gasteiger partial charge in [-0.15, -0.1) is 11.3 Å². The maximum absolute atomic E-state index is 12.9. The van der Waals surface area contributed by atoms with Gasteiger partial charge in [-0.3, -0.25) is 9.69 Å². The van der Waals surface area contributed by atoms with Crippen molar-refractivity contribution in [3.05, 3.63) is 81.0 Å². The zero-order valence-electron chi connectivity index (χ0n) is 17.8. The van der Waals surface area contributed by atoms with Crippen molar-refractivity contribution in [3.63, 3.8) is 0 Å². The Morgan fingerprint density at radius 2 is 1.94 bits per heavy atom. The van der Waals surface area contributed by atoms with Crippen LogP contribution in [0.2, 0.25) is 5.02 Å². The lowest BCUT2D eigenvalue weighted by Gasteiger charge is -2.35. The molecule has 0 radical (unpaired) electrons. The van der Waals surface area contributed by atoms with Gasteiger partial charge in [-0.25, -0.2) is 12.7 Å². The maximum Gasteiger partial charge on any atom is 0.244 e. The van der Waals surface area contributed by atoms with E-state index in [0.717, 1.165) is 22.8 Å². The topological polar surface area (TPSA) is 69.7 Å². The van der Waals surface area contributed by atoms with E-state index in [0.29, 0.717) is 5.69 Å². The molecule has 0 fully saturated rings. The van der Waals surface area contributed by atoms with Crippen LogP contribution in [0.15, 0.2) is 64.9 Å². The number of anilines is 1. The lowest BCUT2D eigenvalue weighted by molar-refractivity contribution is -0.117. The average Bonchev–Trinajstić information content (AvgIpc) is 3.24. The number of hydrogen-bond acceptors (Lipinski definition) is 5. The Morgan fingerprint density at radius 1 is 1.19 bits per heavy atom. The molecule has 6 nitrogen and oxygen atoms in total. The fraction of sp³-hybridized carbons (Fsp3) is 0.261. The van der Waals surface area contributed by atoms with Crippen LogP contribution in [0, 0.1) is 0 Å². The quantitative estimate of drug-likeness (QED) is 0.562. The van der Waals surface area contributed by atoms with Gasteiger partial charge < -0.3 is 5.32 Å². The second-order valence-electron chi connectivity index (χ2n) is 7.81. The van der Waals surface area contributed by atoms with Gasteiger partial charge >= 0.3 is 0 Å². The Hall–Kier alpha value is -2.23. The summed E-state index contributed by atoms with van der Waals surface area (Å²) in [6.07, 6.45) is 0.899. The molecule has 1 amide bonds. The lowest BCUT2D eigenvalue weighted by Crippen LogP contribution is -2.40. The van der Waals surface area contributed by atoms with Crippen molar-refractivity contribution < 1.29 is 13.2 Å². The zero-order chi connectivity index (χ0) is 22.9. The number of rotatable bonds is 6. The second kappa shape index (κ2) is 9.33. The molecular formula is C23H24ClN3O3S2. The summed E-state index contributed by atoms with van der Waals surface area (Å²) >= 11 is 7.87. The molecule has 1 atom stereocenters. The summed E-state index contributed by atoms with van der Waals surface area (Å²) in [6, 6.07) is 16.8. The first-order valence-corrected chi connectivity index (χ1v) is 12.8. The number of fused-ring (bicyclic) bond motifs is 1. The highest BCUT2D eigenvalue weighted by Gasteiger charge is 2.31. The molecule has 1 aromatic heterocycles. The van der Waals surface area contributed by atoms with Crippen molar-refractivity contribution in [2.45, 2.75) is 17.4 Å². The normalized spacial score (nSPS) is 16.7.